The van der Waals surface area contributed by atoms with Crippen molar-refractivity contribution in [2.24, 2.45) is 11.8 Å². The summed E-state index contributed by atoms with van der Waals surface area (Å²) in [5.41, 5.74) is 5.53. The molecule has 6 nitrogen and oxygen atoms in total. The Balaban J connectivity index is 1.33. The number of benzene rings is 1. The minimum Gasteiger partial charge on any atom is -0.342 e. The van der Waals surface area contributed by atoms with Gasteiger partial charge in [-0.05, 0) is 75.8 Å². The highest BCUT2D eigenvalue weighted by Crippen LogP contribution is 2.29. The molecule has 0 bridgehead atoms. The van der Waals surface area contributed by atoms with E-state index in [2.05, 4.69) is 36.6 Å². The molecule has 2 amide bonds. The fourth-order valence-electron chi connectivity index (χ4n) is 4.71. The number of hydrogen-bond acceptors (Lipinski definition) is 3. The van der Waals surface area contributed by atoms with Crippen molar-refractivity contribution in [1.29, 1.82) is 0 Å². The molecule has 0 radical (unpaired) electrons. The molecular weight excluding hydrogens is 376 g/mol. The first-order chi connectivity index (χ1) is 14.3. The van der Waals surface area contributed by atoms with Crippen LogP contribution in [0.5, 0.6) is 0 Å². The molecule has 30 heavy (non-hydrogen) atoms. The first kappa shape index (κ1) is 20.6. The molecule has 0 N–H and O–H groups in total. The zero-order valence-corrected chi connectivity index (χ0v) is 18.5. The topological polar surface area (TPSA) is 58.4 Å². The van der Waals surface area contributed by atoms with Crippen molar-refractivity contribution < 1.29 is 9.59 Å². The van der Waals surface area contributed by atoms with Gasteiger partial charge < -0.3 is 9.80 Å². The van der Waals surface area contributed by atoms with Crippen molar-refractivity contribution in [2.75, 3.05) is 24.5 Å². The number of nitrogens with zero attached hydrogens (tertiary/aromatic N) is 4. The highest BCUT2D eigenvalue weighted by atomic mass is 16.2. The molecule has 6 heteroatoms. The van der Waals surface area contributed by atoms with Crippen LogP contribution in [0.2, 0.25) is 0 Å². The Hall–Kier alpha value is -2.63. The van der Waals surface area contributed by atoms with Gasteiger partial charge in [-0.15, -0.1) is 0 Å². The van der Waals surface area contributed by atoms with E-state index in [0.29, 0.717) is 18.9 Å². The van der Waals surface area contributed by atoms with Crippen LogP contribution in [0.15, 0.2) is 24.3 Å². The SMILES string of the molecule is Cc1cc(C)n(CC2CCN(C(=O)C3CC(=O)N(c4ccc(C)c(C)c4)C3)CC2)n1. The molecule has 2 aliphatic rings. The van der Waals surface area contributed by atoms with Crippen LogP contribution in [-0.4, -0.2) is 46.1 Å². The van der Waals surface area contributed by atoms with Gasteiger partial charge in [0.2, 0.25) is 11.8 Å². The summed E-state index contributed by atoms with van der Waals surface area (Å²) < 4.78 is 2.09. The largest absolute Gasteiger partial charge is 0.342 e. The van der Waals surface area contributed by atoms with Gasteiger partial charge in [0, 0.05) is 44.0 Å². The number of rotatable bonds is 4. The van der Waals surface area contributed by atoms with Crippen LogP contribution in [0.25, 0.3) is 0 Å². The normalized spacial score (nSPS) is 20.3. The third-order valence-corrected chi connectivity index (χ3v) is 6.74. The van der Waals surface area contributed by atoms with Gasteiger partial charge in [-0.2, -0.15) is 5.10 Å². The van der Waals surface area contributed by atoms with Gasteiger partial charge >= 0.3 is 0 Å². The van der Waals surface area contributed by atoms with Gasteiger partial charge in [0.15, 0.2) is 0 Å². The zero-order chi connectivity index (χ0) is 21.4. The molecule has 1 aromatic carbocycles. The van der Waals surface area contributed by atoms with Crippen molar-refractivity contribution >= 4 is 17.5 Å². The van der Waals surface area contributed by atoms with E-state index >= 15 is 0 Å². The quantitative estimate of drug-likeness (QED) is 0.779. The molecule has 2 aliphatic heterocycles. The molecule has 2 fully saturated rings. The standard InChI is InChI=1S/C24H32N4O2/c1-16-5-6-22(11-17(16)2)27-15-21(13-23(27)29)24(30)26-9-7-20(8-10-26)14-28-19(4)12-18(3)25-28/h5-6,11-12,20-21H,7-10,13-15H2,1-4H3. The molecule has 1 unspecified atom stereocenters. The van der Waals surface area contributed by atoms with Crippen LogP contribution in [0.3, 0.4) is 0 Å². The Morgan fingerprint density at radius 2 is 1.80 bits per heavy atom. The number of carbonyl (C=O) groups is 2. The van der Waals surface area contributed by atoms with Gasteiger partial charge in [-0.1, -0.05) is 6.07 Å². The smallest absolute Gasteiger partial charge is 0.228 e. The molecule has 2 saturated heterocycles. The average molecular weight is 409 g/mol. The second-order valence-corrected chi connectivity index (χ2v) is 9.05. The van der Waals surface area contributed by atoms with Crippen LogP contribution in [-0.2, 0) is 16.1 Å². The van der Waals surface area contributed by atoms with Crippen molar-refractivity contribution in [3.8, 4) is 0 Å². The molecule has 1 aromatic heterocycles. The fraction of sp³-hybridized carbons (Fsp3) is 0.542. The van der Waals surface area contributed by atoms with E-state index in [0.717, 1.165) is 43.9 Å². The molecule has 0 aliphatic carbocycles. The number of amides is 2. The van der Waals surface area contributed by atoms with Crippen LogP contribution in [0.1, 0.15) is 41.8 Å². The Bertz CT molecular complexity index is 956. The number of hydrogen-bond donors (Lipinski definition) is 0. The predicted molar refractivity (Wildman–Crippen MR) is 117 cm³/mol. The maximum absolute atomic E-state index is 13.1. The first-order valence-corrected chi connectivity index (χ1v) is 11.0. The van der Waals surface area contributed by atoms with E-state index in [4.69, 9.17) is 0 Å². The van der Waals surface area contributed by atoms with E-state index in [1.165, 1.54) is 16.8 Å². The maximum atomic E-state index is 13.1. The third kappa shape index (κ3) is 4.13. The molecule has 0 spiro atoms. The van der Waals surface area contributed by atoms with E-state index < -0.39 is 0 Å². The summed E-state index contributed by atoms with van der Waals surface area (Å²) in [6.07, 6.45) is 2.30. The minimum atomic E-state index is -0.230. The summed E-state index contributed by atoms with van der Waals surface area (Å²) in [6, 6.07) is 8.18. The van der Waals surface area contributed by atoms with E-state index in [1.807, 2.05) is 30.0 Å². The summed E-state index contributed by atoms with van der Waals surface area (Å²) >= 11 is 0. The third-order valence-electron chi connectivity index (χ3n) is 6.74. The van der Waals surface area contributed by atoms with Gasteiger partial charge in [-0.3, -0.25) is 14.3 Å². The fourth-order valence-corrected chi connectivity index (χ4v) is 4.71. The number of carbonyl (C=O) groups excluding carboxylic acids is 2. The molecule has 2 aromatic rings. The second kappa shape index (κ2) is 8.25. The second-order valence-electron chi connectivity index (χ2n) is 9.05. The highest BCUT2D eigenvalue weighted by Gasteiger charge is 2.38. The lowest BCUT2D eigenvalue weighted by Gasteiger charge is -2.33. The van der Waals surface area contributed by atoms with E-state index in [1.54, 1.807) is 4.90 Å². The Labute approximate surface area is 178 Å². The number of anilines is 1. The van der Waals surface area contributed by atoms with Gasteiger partial charge in [-0.25, -0.2) is 0 Å². The van der Waals surface area contributed by atoms with Crippen LogP contribution >= 0.6 is 0 Å². The molecule has 160 valence electrons. The number of aryl methyl sites for hydroxylation is 4. The summed E-state index contributed by atoms with van der Waals surface area (Å²) in [5.74, 6) is 0.506. The zero-order valence-electron chi connectivity index (χ0n) is 18.5. The average Bonchev–Trinajstić information content (AvgIpc) is 3.25. The summed E-state index contributed by atoms with van der Waals surface area (Å²) in [4.78, 5) is 29.5. The van der Waals surface area contributed by atoms with E-state index in [9.17, 15) is 9.59 Å². The molecular formula is C24H32N4O2. The first-order valence-electron chi connectivity index (χ1n) is 11.0. The van der Waals surface area contributed by atoms with E-state index in [-0.39, 0.29) is 17.7 Å². The van der Waals surface area contributed by atoms with Crippen molar-refractivity contribution in [1.82, 2.24) is 14.7 Å². The van der Waals surface area contributed by atoms with Crippen molar-refractivity contribution in [3.05, 3.63) is 46.8 Å². The number of aromatic nitrogens is 2. The lowest BCUT2D eigenvalue weighted by Crippen LogP contribution is -2.43. The Kier molecular flexibility index (Phi) is 5.67. The molecule has 4 rings (SSSR count). The van der Waals surface area contributed by atoms with Crippen molar-refractivity contribution in [3.63, 3.8) is 0 Å². The lowest BCUT2D eigenvalue weighted by molar-refractivity contribution is -0.137. The van der Waals surface area contributed by atoms with Crippen LogP contribution in [0, 0.1) is 39.5 Å². The molecule has 3 heterocycles. The highest BCUT2D eigenvalue weighted by molar-refractivity contribution is 6.00. The van der Waals surface area contributed by atoms with Gasteiger partial charge in [0.25, 0.3) is 0 Å². The molecule has 1 atom stereocenters. The van der Waals surface area contributed by atoms with Crippen molar-refractivity contribution in [2.45, 2.75) is 53.5 Å². The molecule has 0 saturated carbocycles. The Morgan fingerprint density at radius 3 is 2.43 bits per heavy atom. The monoisotopic (exact) mass is 408 g/mol. The lowest BCUT2D eigenvalue weighted by atomic mass is 9.95. The predicted octanol–water partition coefficient (Wildman–Crippen LogP) is 3.41. The van der Waals surface area contributed by atoms with Gasteiger partial charge in [0.1, 0.15) is 0 Å². The number of piperidine rings is 1. The Morgan fingerprint density at radius 1 is 1.07 bits per heavy atom. The summed E-state index contributed by atoms with van der Waals surface area (Å²) in [5, 5.41) is 4.57. The summed E-state index contributed by atoms with van der Waals surface area (Å²) in [7, 11) is 0. The van der Waals surface area contributed by atoms with Crippen LogP contribution < -0.4 is 4.90 Å². The van der Waals surface area contributed by atoms with Gasteiger partial charge in [0.05, 0.1) is 11.6 Å². The van der Waals surface area contributed by atoms with Crippen LogP contribution in [0.4, 0.5) is 5.69 Å². The number of likely N-dealkylation sites (tertiary alicyclic amines) is 1. The minimum absolute atomic E-state index is 0.0519. The summed E-state index contributed by atoms with van der Waals surface area (Å²) in [6.45, 7) is 11.2. The maximum Gasteiger partial charge on any atom is 0.228 e.